The van der Waals surface area contributed by atoms with E-state index in [0.29, 0.717) is 0 Å². The van der Waals surface area contributed by atoms with Gasteiger partial charge in [-0.25, -0.2) is 9.97 Å². The highest BCUT2D eigenvalue weighted by molar-refractivity contribution is 6.38. The van der Waals surface area contributed by atoms with Gasteiger partial charge < -0.3 is 11.1 Å². The zero-order chi connectivity index (χ0) is 12.5. The highest BCUT2D eigenvalue weighted by atomic mass is 35.5. The summed E-state index contributed by atoms with van der Waals surface area (Å²) in [6.07, 6.45) is 4.30. The summed E-state index contributed by atoms with van der Waals surface area (Å²) in [6, 6.07) is 0. The third kappa shape index (κ3) is 2.86. The highest BCUT2D eigenvalue weighted by Crippen LogP contribution is 2.33. The number of nitrogens with two attached hydrogens (primary N) is 1. The molecule has 1 heterocycles. The predicted octanol–water partition coefficient (Wildman–Crippen LogP) is 1.99. The number of nitrogens with zero attached hydrogens (tertiary/aromatic N) is 2. The summed E-state index contributed by atoms with van der Waals surface area (Å²) in [5.41, 5.74) is 5.84. The Morgan fingerprint density at radius 2 is 2.00 bits per heavy atom. The van der Waals surface area contributed by atoms with E-state index in [1.165, 1.54) is 6.33 Å². The molecule has 17 heavy (non-hydrogen) atoms. The molecule has 1 aliphatic rings. The second kappa shape index (κ2) is 4.76. The second-order valence-corrected chi connectivity index (χ2v) is 4.99. The maximum atomic E-state index is 11.8. The van der Waals surface area contributed by atoms with Gasteiger partial charge in [0.2, 0.25) is 5.91 Å². The first-order valence-corrected chi connectivity index (χ1v) is 6.00. The number of halogens is 2. The maximum absolute atomic E-state index is 11.8. The molecule has 0 radical (unpaired) electrons. The Morgan fingerprint density at radius 1 is 1.41 bits per heavy atom. The van der Waals surface area contributed by atoms with Gasteiger partial charge in [-0.15, -0.1) is 0 Å². The van der Waals surface area contributed by atoms with E-state index in [1.54, 1.807) is 0 Å². The lowest BCUT2D eigenvalue weighted by Gasteiger charge is -2.37. The lowest BCUT2D eigenvalue weighted by Crippen LogP contribution is -2.48. The Morgan fingerprint density at radius 3 is 2.47 bits per heavy atom. The van der Waals surface area contributed by atoms with Crippen LogP contribution in [0.5, 0.6) is 0 Å². The van der Waals surface area contributed by atoms with E-state index >= 15 is 0 Å². The number of hydrogen-bond donors (Lipinski definition) is 2. The zero-order valence-electron chi connectivity index (χ0n) is 9.04. The first kappa shape index (κ1) is 12.5. The molecule has 0 spiro atoms. The van der Waals surface area contributed by atoms with Gasteiger partial charge in [-0.1, -0.05) is 23.2 Å². The van der Waals surface area contributed by atoms with Crippen LogP contribution in [0.3, 0.4) is 0 Å². The van der Waals surface area contributed by atoms with Crippen molar-refractivity contribution in [2.45, 2.75) is 31.2 Å². The number of hydrogen-bond acceptors (Lipinski definition) is 4. The number of nitrogens with one attached hydrogen (secondary N) is 1. The van der Waals surface area contributed by atoms with E-state index in [4.69, 9.17) is 28.9 Å². The molecule has 0 aliphatic heterocycles. The lowest BCUT2D eigenvalue weighted by atomic mass is 9.75. The number of anilines is 1. The van der Waals surface area contributed by atoms with Crippen LogP contribution in [0.25, 0.3) is 0 Å². The van der Waals surface area contributed by atoms with Crippen LogP contribution < -0.4 is 11.1 Å². The highest BCUT2D eigenvalue weighted by Gasteiger charge is 2.34. The summed E-state index contributed by atoms with van der Waals surface area (Å²) in [6.45, 7) is 0. The van der Waals surface area contributed by atoms with Gasteiger partial charge in [0.05, 0.1) is 0 Å². The molecule has 1 amide bonds. The first-order valence-electron chi connectivity index (χ1n) is 5.25. The molecule has 1 fully saturated rings. The second-order valence-electron chi connectivity index (χ2n) is 4.27. The lowest BCUT2D eigenvalue weighted by molar-refractivity contribution is -0.118. The fraction of sp³-hybridized carbons (Fsp3) is 0.500. The minimum Gasteiger partial charge on any atom is -0.325 e. The average Bonchev–Trinajstić information content (AvgIpc) is 2.21. The minimum absolute atomic E-state index is 0.123. The number of aromatic nitrogens is 2. The first-order chi connectivity index (χ1) is 8.00. The molecule has 0 aromatic carbocycles. The van der Waals surface area contributed by atoms with Crippen LogP contribution in [0.4, 0.5) is 5.69 Å². The quantitative estimate of drug-likeness (QED) is 0.826. The molecule has 3 N–H and O–H groups in total. The topological polar surface area (TPSA) is 80.9 Å². The van der Waals surface area contributed by atoms with Crippen molar-refractivity contribution in [3.8, 4) is 0 Å². The van der Waals surface area contributed by atoms with Gasteiger partial charge in [-0.2, -0.15) is 0 Å². The maximum Gasteiger partial charge on any atom is 0.226 e. The molecule has 1 saturated carbocycles. The molecule has 0 atom stereocenters. The number of rotatable bonds is 3. The molecular formula is C10H12Cl2N4O. The summed E-state index contributed by atoms with van der Waals surface area (Å²) in [7, 11) is 0. The van der Waals surface area contributed by atoms with Crippen molar-refractivity contribution in [3.05, 3.63) is 16.6 Å². The van der Waals surface area contributed by atoms with E-state index in [2.05, 4.69) is 15.3 Å². The normalized spacial score (nSPS) is 17.4. The number of amides is 1. The largest absolute Gasteiger partial charge is 0.325 e. The van der Waals surface area contributed by atoms with Crippen LogP contribution in [-0.4, -0.2) is 21.4 Å². The summed E-state index contributed by atoms with van der Waals surface area (Å²) in [5.74, 6) is -0.217. The van der Waals surface area contributed by atoms with Gasteiger partial charge >= 0.3 is 0 Å². The average molecular weight is 275 g/mol. The van der Waals surface area contributed by atoms with E-state index in [-0.39, 0.29) is 33.9 Å². The van der Waals surface area contributed by atoms with Crippen molar-refractivity contribution in [2.24, 2.45) is 5.73 Å². The van der Waals surface area contributed by atoms with Crippen LogP contribution in [-0.2, 0) is 4.79 Å². The van der Waals surface area contributed by atoms with Crippen molar-refractivity contribution < 1.29 is 4.79 Å². The van der Waals surface area contributed by atoms with Gasteiger partial charge in [0, 0.05) is 12.0 Å². The monoisotopic (exact) mass is 274 g/mol. The van der Waals surface area contributed by atoms with E-state index in [1.807, 2.05) is 0 Å². The zero-order valence-corrected chi connectivity index (χ0v) is 10.6. The van der Waals surface area contributed by atoms with E-state index in [0.717, 1.165) is 19.3 Å². The number of carbonyl (C=O) groups is 1. The molecule has 0 bridgehead atoms. The van der Waals surface area contributed by atoms with Crippen molar-refractivity contribution >= 4 is 34.8 Å². The molecule has 1 aromatic rings. The van der Waals surface area contributed by atoms with Crippen LogP contribution in [0, 0.1) is 0 Å². The SMILES string of the molecule is NC1(CC(=O)Nc2c(Cl)ncnc2Cl)CCC1. The third-order valence-corrected chi connectivity index (χ3v) is 3.45. The summed E-state index contributed by atoms with van der Waals surface area (Å²) in [5, 5.41) is 2.84. The Balaban J connectivity index is 2.03. The summed E-state index contributed by atoms with van der Waals surface area (Å²) in [4.78, 5) is 19.3. The summed E-state index contributed by atoms with van der Waals surface area (Å²) < 4.78 is 0. The van der Waals surface area contributed by atoms with Gasteiger partial charge in [0.25, 0.3) is 0 Å². The van der Waals surface area contributed by atoms with Crippen molar-refractivity contribution in [3.63, 3.8) is 0 Å². The summed E-state index contributed by atoms with van der Waals surface area (Å²) >= 11 is 11.6. The van der Waals surface area contributed by atoms with Gasteiger partial charge in [-0.05, 0) is 19.3 Å². The van der Waals surface area contributed by atoms with Gasteiger partial charge in [0.15, 0.2) is 10.3 Å². The van der Waals surface area contributed by atoms with Crippen molar-refractivity contribution in [1.82, 2.24) is 9.97 Å². The Bertz CT molecular complexity index is 428. The van der Waals surface area contributed by atoms with Gasteiger partial charge in [0.1, 0.15) is 12.0 Å². The van der Waals surface area contributed by atoms with Crippen LogP contribution in [0.2, 0.25) is 10.3 Å². The molecule has 0 saturated heterocycles. The predicted molar refractivity (Wildman–Crippen MR) is 66.1 cm³/mol. The molecule has 1 aromatic heterocycles. The molecule has 0 unspecified atom stereocenters. The smallest absolute Gasteiger partial charge is 0.226 e. The minimum atomic E-state index is -0.376. The van der Waals surface area contributed by atoms with Crippen LogP contribution in [0.1, 0.15) is 25.7 Å². The Labute approximate surface area is 109 Å². The molecular weight excluding hydrogens is 263 g/mol. The molecule has 1 aliphatic carbocycles. The van der Waals surface area contributed by atoms with Crippen molar-refractivity contribution in [2.75, 3.05) is 5.32 Å². The standard InChI is InChI=1S/C10H12Cl2N4O/c11-8-7(9(12)15-5-14-8)16-6(17)4-10(13)2-1-3-10/h5H,1-4,13H2,(H,16,17). The Hall–Kier alpha value is -0.910. The van der Waals surface area contributed by atoms with Crippen LogP contribution >= 0.6 is 23.2 Å². The third-order valence-electron chi connectivity index (χ3n) is 2.88. The molecule has 7 heteroatoms. The Kier molecular flexibility index (Phi) is 3.51. The molecule has 5 nitrogen and oxygen atoms in total. The van der Waals surface area contributed by atoms with Gasteiger partial charge in [-0.3, -0.25) is 4.79 Å². The number of carbonyl (C=O) groups excluding carboxylic acids is 1. The van der Waals surface area contributed by atoms with E-state index in [9.17, 15) is 4.79 Å². The fourth-order valence-electron chi connectivity index (χ4n) is 1.76. The fourth-order valence-corrected chi connectivity index (χ4v) is 2.17. The molecule has 2 rings (SSSR count). The van der Waals surface area contributed by atoms with E-state index < -0.39 is 0 Å². The molecule has 92 valence electrons. The van der Waals surface area contributed by atoms with Crippen molar-refractivity contribution in [1.29, 1.82) is 0 Å². The van der Waals surface area contributed by atoms with Crippen LogP contribution in [0.15, 0.2) is 6.33 Å².